The zero-order valence-electron chi connectivity index (χ0n) is 17.7. The summed E-state index contributed by atoms with van der Waals surface area (Å²) >= 11 is 1.35. The third-order valence-corrected chi connectivity index (χ3v) is 7.42. The topological polar surface area (TPSA) is 101 Å². The maximum atomic E-state index is 15.0. The van der Waals surface area contributed by atoms with Crippen LogP contribution in [0.15, 0.2) is 35.5 Å². The van der Waals surface area contributed by atoms with E-state index < -0.39 is 22.8 Å². The number of carbonyl (C=O) groups excluding carboxylic acids is 1. The minimum atomic E-state index is -1.44. The van der Waals surface area contributed by atoms with Gasteiger partial charge in [-0.1, -0.05) is 17.8 Å². The number of nitrogens with two attached hydrogens (primary N) is 1. The van der Waals surface area contributed by atoms with Crippen molar-refractivity contribution in [2.45, 2.75) is 30.1 Å². The van der Waals surface area contributed by atoms with Crippen LogP contribution in [0.3, 0.4) is 0 Å². The fourth-order valence-electron chi connectivity index (χ4n) is 4.60. The first-order valence-electron chi connectivity index (χ1n) is 10.1. The highest BCUT2D eigenvalue weighted by Gasteiger charge is 2.68. The van der Waals surface area contributed by atoms with E-state index in [-0.39, 0.29) is 34.5 Å². The second-order valence-electron chi connectivity index (χ2n) is 8.28. The molecule has 2 aromatic rings. The molecule has 4 rings (SSSR count). The minimum Gasteiger partial charge on any atom is -0.383 e. The summed E-state index contributed by atoms with van der Waals surface area (Å²) in [6.45, 7) is 1.16. The van der Waals surface area contributed by atoms with Crippen LogP contribution < -0.4 is 5.73 Å². The molecule has 1 saturated carbocycles. The molecule has 0 saturated heterocycles. The van der Waals surface area contributed by atoms with Gasteiger partial charge in [-0.15, -0.1) is 0 Å². The molecule has 0 radical (unpaired) electrons. The lowest BCUT2D eigenvalue weighted by molar-refractivity contribution is 0.0987. The number of thioether (sulfide) groups is 1. The molecule has 1 aromatic heterocycles. The Balaban J connectivity index is 1.68. The Bertz CT molecular complexity index is 1170. The van der Waals surface area contributed by atoms with Gasteiger partial charge in [-0.2, -0.15) is 5.26 Å². The van der Waals surface area contributed by atoms with Gasteiger partial charge in [0.05, 0.1) is 16.9 Å². The third kappa shape index (κ3) is 3.67. The Kier molecular flexibility index (Phi) is 5.77. The summed E-state index contributed by atoms with van der Waals surface area (Å²) in [6.07, 6.45) is 1.90. The highest BCUT2D eigenvalue weighted by molar-refractivity contribution is 8.15. The molecule has 3 atom stereocenters. The molecule has 2 heterocycles. The standard InChI is InChI=1S/C23H22F2N4O2S/c1-13-5-15(9-26)10-28-20(13)18(30)7-14-3-4-17(25)16(6-14)23(11-24)19-8-22(19,12-31-2)32-21(27)29-23/h3-6,10,19H,7-8,11-12H2,1-2H3,(H2,27,29)/t19-,22-,23-/m1/s1. The average molecular weight is 457 g/mol. The van der Waals surface area contributed by atoms with Crippen LogP contribution in [0.2, 0.25) is 0 Å². The number of aryl methyl sites for hydroxylation is 1. The van der Waals surface area contributed by atoms with Crippen LogP contribution in [-0.4, -0.2) is 41.1 Å². The summed E-state index contributed by atoms with van der Waals surface area (Å²) in [5.74, 6) is -1.13. The van der Waals surface area contributed by atoms with Crippen LogP contribution in [0.25, 0.3) is 0 Å². The van der Waals surface area contributed by atoms with Gasteiger partial charge in [-0.3, -0.25) is 9.78 Å². The Morgan fingerprint density at radius 3 is 2.88 bits per heavy atom. The smallest absolute Gasteiger partial charge is 0.185 e. The molecular weight excluding hydrogens is 434 g/mol. The van der Waals surface area contributed by atoms with Crippen molar-refractivity contribution in [2.24, 2.45) is 16.6 Å². The number of carbonyl (C=O) groups is 1. The van der Waals surface area contributed by atoms with Gasteiger partial charge in [-0.05, 0) is 42.7 Å². The van der Waals surface area contributed by atoms with E-state index in [1.165, 1.54) is 36.2 Å². The molecule has 0 unspecified atom stereocenters. The summed E-state index contributed by atoms with van der Waals surface area (Å²) in [7, 11) is 1.57. The van der Waals surface area contributed by atoms with Crippen LogP contribution >= 0.6 is 11.8 Å². The van der Waals surface area contributed by atoms with Gasteiger partial charge in [0.25, 0.3) is 0 Å². The number of nitrogens with zero attached hydrogens (tertiary/aromatic N) is 3. The summed E-state index contributed by atoms with van der Waals surface area (Å²) in [5.41, 5.74) is 6.39. The van der Waals surface area contributed by atoms with Crippen molar-refractivity contribution in [1.29, 1.82) is 5.26 Å². The van der Waals surface area contributed by atoms with Crippen molar-refractivity contribution in [2.75, 3.05) is 20.4 Å². The van der Waals surface area contributed by atoms with Gasteiger partial charge < -0.3 is 10.5 Å². The van der Waals surface area contributed by atoms with Crippen LogP contribution in [0.5, 0.6) is 0 Å². The summed E-state index contributed by atoms with van der Waals surface area (Å²) in [6, 6.07) is 7.82. The number of amidine groups is 1. The number of ketones is 1. The second kappa shape index (κ2) is 8.26. The molecule has 166 valence electrons. The first-order chi connectivity index (χ1) is 15.3. The number of alkyl halides is 1. The normalized spacial score (nSPS) is 26.1. The Labute approximate surface area is 188 Å². The van der Waals surface area contributed by atoms with Crippen LogP contribution in [0, 0.1) is 30.0 Å². The molecule has 1 aliphatic carbocycles. The van der Waals surface area contributed by atoms with Crippen molar-refractivity contribution >= 4 is 22.7 Å². The van der Waals surface area contributed by atoms with Gasteiger partial charge in [0.15, 0.2) is 11.0 Å². The SMILES string of the molecule is COC[C@]12C[C@H]1[C@@](CF)(c1cc(CC(=O)c3ncc(C#N)cc3C)ccc1F)N=C(N)S2. The summed E-state index contributed by atoms with van der Waals surface area (Å²) in [5, 5.41) is 9.18. The number of Topliss-reactive ketones (excluding diaryl/α,β-unsaturated/α-hetero) is 1. The minimum absolute atomic E-state index is 0.0444. The second-order valence-corrected chi connectivity index (χ2v) is 9.72. The highest BCUT2D eigenvalue weighted by Crippen LogP contribution is 2.66. The molecule has 1 fully saturated rings. The van der Waals surface area contributed by atoms with Crippen LogP contribution in [0.1, 0.15) is 39.2 Å². The van der Waals surface area contributed by atoms with E-state index in [1.54, 1.807) is 20.1 Å². The van der Waals surface area contributed by atoms with E-state index in [9.17, 15) is 13.6 Å². The predicted octanol–water partition coefficient (Wildman–Crippen LogP) is 3.46. The van der Waals surface area contributed by atoms with Crippen molar-refractivity contribution in [3.05, 3.63) is 64.2 Å². The summed E-state index contributed by atoms with van der Waals surface area (Å²) in [4.78, 5) is 21.3. The lowest BCUT2D eigenvalue weighted by Gasteiger charge is -2.35. The monoisotopic (exact) mass is 456 g/mol. The maximum absolute atomic E-state index is 15.0. The number of aromatic nitrogens is 1. The fraction of sp³-hybridized carbons (Fsp3) is 0.391. The van der Waals surface area contributed by atoms with Gasteiger partial charge in [0.1, 0.15) is 29.8 Å². The predicted molar refractivity (Wildman–Crippen MR) is 118 cm³/mol. The van der Waals surface area contributed by atoms with Crippen molar-refractivity contribution in [1.82, 2.24) is 4.98 Å². The molecule has 0 spiro atoms. The molecule has 2 aliphatic rings. The van der Waals surface area contributed by atoms with E-state index in [2.05, 4.69) is 9.98 Å². The average Bonchev–Trinajstić information content (AvgIpc) is 3.48. The number of pyridine rings is 1. The number of hydrogen-bond acceptors (Lipinski definition) is 7. The number of fused-ring (bicyclic) bond motifs is 1. The molecular formula is C23H22F2N4O2S. The number of rotatable bonds is 7. The molecule has 6 nitrogen and oxygen atoms in total. The van der Waals surface area contributed by atoms with Crippen molar-refractivity contribution < 1.29 is 18.3 Å². The number of aliphatic imine (C=N–C) groups is 1. The number of hydrogen-bond donors (Lipinski definition) is 1. The number of methoxy groups -OCH3 is 1. The number of halogens is 2. The largest absolute Gasteiger partial charge is 0.383 e. The van der Waals surface area contributed by atoms with Gasteiger partial charge >= 0.3 is 0 Å². The van der Waals surface area contributed by atoms with E-state index in [0.29, 0.717) is 29.7 Å². The zero-order chi connectivity index (χ0) is 23.1. The Morgan fingerprint density at radius 1 is 1.44 bits per heavy atom. The molecule has 0 bridgehead atoms. The zero-order valence-corrected chi connectivity index (χ0v) is 18.5. The van der Waals surface area contributed by atoms with Gasteiger partial charge in [-0.25, -0.2) is 13.8 Å². The van der Waals surface area contributed by atoms with Crippen molar-refractivity contribution in [3.63, 3.8) is 0 Å². The fourth-order valence-corrected chi connectivity index (χ4v) is 5.99. The quantitative estimate of drug-likeness (QED) is 0.641. The van der Waals surface area contributed by atoms with Crippen LogP contribution in [-0.2, 0) is 16.7 Å². The number of benzene rings is 1. The number of ether oxygens (including phenoxy) is 1. The molecule has 9 heteroatoms. The lowest BCUT2D eigenvalue weighted by atomic mass is 9.83. The maximum Gasteiger partial charge on any atom is 0.185 e. The van der Waals surface area contributed by atoms with Gasteiger partial charge in [0, 0.05) is 31.2 Å². The first-order valence-corrected chi connectivity index (χ1v) is 10.9. The molecule has 1 aromatic carbocycles. The van der Waals surface area contributed by atoms with Gasteiger partial charge in [0.2, 0.25) is 0 Å². The van der Waals surface area contributed by atoms with E-state index in [0.717, 1.165) is 0 Å². The van der Waals surface area contributed by atoms with E-state index >= 15 is 0 Å². The molecule has 1 aliphatic heterocycles. The van der Waals surface area contributed by atoms with Crippen molar-refractivity contribution in [3.8, 4) is 6.07 Å². The molecule has 0 amide bonds. The Morgan fingerprint density at radius 2 is 2.22 bits per heavy atom. The van der Waals surface area contributed by atoms with E-state index in [1.807, 2.05) is 6.07 Å². The highest BCUT2D eigenvalue weighted by atomic mass is 32.2. The Hall–Kier alpha value is -2.83. The third-order valence-electron chi connectivity index (χ3n) is 6.14. The summed E-state index contributed by atoms with van der Waals surface area (Å²) < 4.78 is 34.4. The van der Waals surface area contributed by atoms with E-state index in [4.69, 9.17) is 15.7 Å². The molecule has 32 heavy (non-hydrogen) atoms. The molecule has 2 N–H and O–H groups in total. The first kappa shape index (κ1) is 22.4. The number of nitriles is 1. The lowest BCUT2D eigenvalue weighted by Crippen LogP contribution is -2.41. The van der Waals surface area contributed by atoms with Crippen LogP contribution in [0.4, 0.5) is 8.78 Å².